The molecule has 0 spiro atoms. The number of benzene rings is 1. The van der Waals surface area contributed by atoms with E-state index in [1.807, 2.05) is 27.7 Å². The molecular weight excluding hydrogens is 260 g/mol. The van der Waals surface area contributed by atoms with E-state index in [0.717, 1.165) is 6.07 Å². The predicted octanol–water partition coefficient (Wildman–Crippen LogP) is 2.92. The number of halogens is 3. The molecule has 1 aromatic carbocycles. The molecule has 0 atom stereocenters. The second-order valence-electron chi connectivity index (χ2n) is 5.38. The fraction of sp³-hybridized carbons (Fsp3) is 0.500. The van der Waals surface area contributed by atoms with Gasteiger partial charge in [-0.05, 0) is 33.8 Å². The monoisotopic (exact) mass is 274 g/mol. The average molecular weight is 275 g/mol. The first-order chi connectivity index (χ1) is 8.14. The van der Waals surface area contributed by atoms with Gasteiger partial charge in [-0.1, -0.05) is 11.6 Å². The zero-order valence-corrected chi connectivity index (χ0v) is 11.4. The molecule has 0 radical (unpaired) electrons. The minimum absolute atomic E-state index is 0.111. The second kappa shape index (κ2) is 4.18. The lowest BCUT2D eigenvalue weighted by atomic mass is 9.78. The Hall–Kier alpha value is -0.645. The van der Waals surface area contributed by atoms with Gasteiger partial charge < -0.3 is 9.31 Å². The van der Waals surface area contributed by atoms with Crippen LogP contribution < -0.4 is 5.46 Å². The van der Waals surface area contributed by atoms with Gasteiger partial charge in [0, 0.05) is 11.5 Å². The molecule has 0 aromatic heterocycles. The molecule has 2 nitrogen and oxygen atoms in total. The highest BCUT2D eigenvalue weighted by Crippen LogP contribution is 2.36. The lowest BCUT2D eigenvalue weighted by molar-refractivity contribution is 0.00578. The van der Waals surface area contributed by atoms with Gasteiger partial charge in [0.15, 0.2) is 0 Å². The Bertz CT molecular complexity index is 475. The Kier molecular flexibility index (Phi) is 3.20. The fourth-order valence-corrected chi connectivity index (χ4v) is 1.86. The summed E-state index contributed by atoms with van der Waals surface area (Å²) >= 11 is 5.65. The maximum absolute atomic E-state index is 13.7. The summed E-state index contributed by atoms with van der Waals surface area (Å²) in [4.78, 5) is 0. The first-order valence-electron chi connectivity index (χ1n) is 5.64. The van der Waals surface area contributed by atoms with Gasteiger partial charge >= 0.3 is 7.12 Å². The van der Waals surface area contributed by atoms with E-state index in [4.69, 9.17) is 20.9 Å². The van der Waals surface area contributed by atoms with Crippen molar-refractivity contribution in [3.63, 3.8) is 0 Å². The van der Waals surface area contributed by atoms with Crippen molar-refractivity contribution in [1.82, 2.24) is 0 Å². The summed E-state index contributed by atoms with van der Waals surface area (Å²) in [5, 5.41) is -0.152. The van der Waals surface area contributed by atoms with Crippen molar-refractivity contribution < 1.29 is 18.1 Å². The van der Waals surface area contributed by atoms with Crippen molar-refractivity contribution >= 4 is 24.2 Å². The molecule has 0 saturated carbocycles. The molecule has 18 heavy (non-hydrogen) atoms. The molecule has 1 saturated heterocycles. The van der Waals surface area contributed by atoms with Crippen LogP contribution in [-0.2, 0) is 9.31 Å². The van der Waals surface area contributed by atoms with Crippen LogP contribution >= 0.6 is 11.6 Å². The van der Waals surface area contributed by atoms with E-state index in [1.54, 1.807) is 0 Å². The molecule has 1 aliphatic heterocycles. The van der Waals surface area contributed by atoms with Gasteiger partial charge in [0.05, 0.1) is 16.2 Å². The molecule has 1 aromatic rings. The van der Waals surface area contributed by atoms with Crippen molar-refractivity contribution in [1.29, 1.82) is 0 Å². The summed E-state index contributed by atoms with van der Waals surface area (Å²) in [5.41, 5.74) is -1.05. The molecule has 0 N–H and O–H groups in total. The first-order valence-corrected chi connectivity index (χ1v) is 6.02. The molecule has 0 amide bonds. The first kappa shape index (κ1) is 13.8. The molecule has 1 fully saturated rings. The van der Waals surface area contributed by atoms with Crippen LogP contribution in [0.5, 0.6) is 0 Å². The molecule has 0 aliphatic carbocycles. The Labute approximate surface area is 110 Å². The van der Waals surface area contributed by atoms with Crippen molar-refractivity contribution in [2.24, 2.45) is 0 Å². The lowest BCUT2D eigenvalue weighted by Crippen LogP contribution is -2.41. The maximum atomic E-state index is 13.7. The van der Waals surface area contributed by atoms with Crippen molar-refractivity contribution in [2.75, 3.05) is 0 Å². The van der Waals surface area contributed by atoms with Crippen LogP contribution in [0.2, 0.25) is 5.02 Å². The molecule has 98 valence electrons. The summed E-state index contributed by atoms with van der Waals surface area (Å²) in [7, 11) is -0.881. The zero-order chi connectivity index (χ0) is 13.7. The van der Waals surface area contributed by atoms with E-state index < -0.39 is 30.0 Å². The Morgan fingerprint density at radius 2 is 1.50 bits per heavy atom. The van der Waals surface area contributed by atoms with Gasteiger partial charge in [-0.2, -0.15) is 0 Å². The quantitative estimate of drug-likeness (QED) is 0.579. The van der Waals surface area contributed by atoms with Crippen LogP contribution in [0.1, 0.15) is 27.7 Å². The standard InChI is InChI=1S/C12H14BClF2O2/c1-11(2)12(3,4)18-13(17-11)7-5-8(14)10(16)6-9(7)15/h5-6H,1-4H3. The van der Waals surface area contributed by atoms with Gasteiger partial charge in [0.2, 0.25) is 0 Å². The zero-order valence-electron chi connectivity index (χ0n) is 10.7. The van der Waals surface area contributed by atoms with Gasteiger partial charge in [0.25, 0.3) is 0 Å². The van der Waals surface area contributed by atoms with E-state index in [9.17, 15) is 8.78 Å². The fourth-order valence-electron chi connectivity index (χ4n) is 1.69. The normalized spacial score (nSPS) is 21.4. The highest BCUT2D eigenvalue weighted by atomic mass is 35.5. The highest BCUT2D eigenvalue weighted by Gasteiger charge is 2.52. The predicted molar refractivity (Wildman–Crippen MR) is 67.1 cm³/mol. The summed E-state index contributed by atoms with van der Waals surface area (Å²) in [6, 6.07) is 1.94. The van der Waals surface area contributed by atoms with Crippen LogP contribution in [-0.4, -0.2) is 18.3 Å². The number of hydrogen-bond acceptors (Lipinski definition) is 2. The van der Waals surface area contributed by atoms with Crippen LogP contribution in [0, 0.1) is 11.6 Å². The van der Waals surface area contributed by atoms with Gasteiger partial charge in [-0.15, -0.1) is 0 Å². The van der Waals surface area contributed by atoms with Crippen LogP contribution in [0.15, 0.2) is 12.1 Å². The van der Waals surface area contributed by atoms with Gasteiger partial charge in [0.1, 0.15) is 11.6 Å². The molecule has 6 heteroatoms. The van der Waals surface area contributed by atoms with Crippen molar-refractivity contribution in [2.45, 2.75) is 38.9 Å². The van der Waals surface area contributed by atoms with E-state index in [2.05, 4.69) is 0 Å². The van der Waals surface area contributed by atoms with Gasteiger partial charge in [-0.3, -0.25) is 0 Å². The van der Waals surface area contributed by atoms with E-state index in [1.165, 1.54) is 6.07 Å². The summed E-state index contributed by atoms with van der Waals surface area (Å²) in [6.07, 6.45) is 0. The molecule has 0 unspecified atom stereocenters. The van der Waals surface area contributed by atoms with E-state index >= 15 is 0 Å². The average Bonchev–Trinajstić information content (AvgIpc) is 2.42. The summed E-state index contributed by atoms with van der Waals surface area (Å²) in [5.74, 6) is -1.52. The third-order valence-electron chi connectivity index (χ3n) is 3.55. The Morgan fingerprint density at radius 3 is 2.00 bits per heavy atom. The van der Waals surface area contributed by atoms with Crippen LogP contribution in [0.3, 0.4) is 0 Å². The van der Waals surface area contributed by atoms with E-state index in [-0.39, 0.29) is 10.5 Å². The summed E-state index contributed by atoms with van der Waals surface area (Å²) < 4.78 is 38.2. The number of rotatable bonds is 1. The lowest BCUT2D eigenvalue weighted by Gasteiger charge is -2.32. The van der Waals surface area contributed by atoms with Crippen LogP contribution in [0.4, 0.5) is 8.78 Å². The van der Waals surface area contributed by atoms with Crippen LogP contribution in [0.25, 0.3) is 0 Å². The maximum Gasteiger partial charge on any atom is 0.497 e. The Balaban J connectivity index is 2.38. The molecule has 1 aliphatic rings. The molecule has 0 bridgehead atoms. The van der Waals surface area contributed by atoms with Gasteiger partial charge in [-0.25, -0.2) is 8.78 Å². The third kappa shape index (κ3) is 2.15. The third-order valence-corrected chi connectivity index (χ3v) is 3.84. The molecular formula is C12H14BClF2O2. The van der Waals surface area contributed by atoms with Crippen molar-refractivity contribution in [3.05, 3.63) is 28.8 Å². The van der Waals surface area contributed by atoms with Crippen molar-refractivity contribution in [3.8, 4) is 0 Å². The largest absolute Gasteiger partial charge is 0.497 e. The minimum atomic E-state index is -0.881. The van der Waals surface area contributed by atoms with E-state index in [0.29, 0.717) is 0 Å². The Morgan fingerprint density at radius 1 is 1.00 bits per heavy atom. The molecule has 1 heterocycles. The topological polar surface area (TPSA) is 18.5 Å². The minimum Gasteiger partial charge on any atom is -0.399 e. The molecule has 2 rings (SSSR count). The number of hydrogen-bond donors (Lipinski definition) is 0. The summed E-state index contributed by atoms with van der Waals surface area (Å²) in [6.45, 7) is 7.43. The SMILES string of the molecule is CC1(C)OB(c2cc(Cl)c(F)cc2F)OC1(C)C. The highest BCUT2D eigenvalue weighted by molar-refractivity contribution is 6.62. The smallest absolute Gasteiger partial charge is 0.399 e. The second-order valence-corrected chi connectivity index (χ2v) is 5.78.